The summed E-state index contributed by atoms with van der Waals surface area (Å²) < 4.78 is 11.5. The quantitative estimate of drug-likeness (QED) is 0.577. The van der Waals surface area contributed by atoms with E-state index < -0.39 is 6.10 Å². The number of amides is 1. The summed E-state index contributed by atoms with van der Waals surface area (Å²) in [6.45, 7) is 1.64. The van der Waals surface area contributed by atoms with Gasteiger partial charge in [0.1, 0.15) is 11.5 Å². The van der Waals surface area contributed by atoms with Crippen molar-refractivity contribution in [3.8, 4) is 11.5 Å². The Kier molecular flexibility index (Phi) is 6.63. The molecule has 2 aromatic carbocycles. The van der Waals surface area contributed by atoms with Gasteiger partial charge >= 0.3 is 0 Å². The molecule has 0 heterocycles. The summed E-state index contributed by atoms with van der Waals surface area (Å²) in [5.74, 6) is 0.896. The molecule has 5 nitrogen and oxygen atoms in total. The van der Waals surface area contributed by atoms with Crippen molar-refractivity contribution in [2.45, 2.75) is 13.0 Å². The molecule has 0 saturated heterocycles. The maximum atomic E-state index is 12.0. The molecule has 1 atom stereocenters. The number of benzene rings is 2. The molecule has 0 radical (unpaired) electrons. The van der Waals surface area contributed by atoms with Crippen molar-refractivity contribution in [2.24, 2.45) is 5.10 Å². The molecule has 0 fully saturated rings. The lowest BCUT2D eigenvalue weighted by atomic mass is 10.2. The lowest BCUT2D eigenvalue weighted by Gasteiger charge is -2.12. The van der Waals surface area contributed by atoms with Gasteiger partial charge in [0.05, 0.1) is 13.3 Å². The Balaban J connectivity index is 1.93. The first-order valence-corrected chi connectivity index (χ1v) is 8.25. The molecule has 1 unspecified atom stereocenters. The third-order valence-electron chi connectivity index (χ3n) is 3.08. The van der Waals surface area contributed by atoms with Crippen LogP contribution in [-0.2, 0) is 4.79 Å². The molecule has 0 aliphatic heterocycles. The van der Waals surface area contributed by atoms with Crippen LogP contribution in [0.2, 0.25) is 5.02 Å². The van der Waals surface area contributed by atoms with E-state index in [4.69, 9.17) is 21.1 Å². The predicted octanol–water partition coefficient (Wildman–Crippen LogP) is 4.03. The van der Waals surface area contributed by atoms with Crippen LogP contribution < -0.4 is 14.9 Å². The van der Waals surface area contributed by atoms with Crippen LogP contribution in [0.25, 0.3) is 0 Å². The predicted molar refractivity (Wildman–Crippen MR) is 98.0 cm³/mol. The minimum atomic E-state index is -0.697. The van der Waals surface area contributed by atoms with Crippen LogP contribution in [0.5, 0.6) is 11.5 Å². The summed E-state index contributed by atoms with van der Waals surface area (Å²) >= 11 is 9.22. The summed E-state index contributed by atoms with van der Waals surface area (Å²) in [4.78, 5) is 12.0. The molecule has 0 aliphatic rings. The zero-order chi connectivity index (χ0) is 17.5. The summed E-state index contributed by atoms with van der Waals surface area (Å²) in [5.41, 5.74) is 3.22. The van der Waals surface area contributed by atoms with Crippen molar-refractivity contribution in [3.05, 3.63) is 57.5 Å². The van der Waals surface area contributed by atoms with Crippen molar-refractivity contribution in [1.29, 1.82) is 0 Å². The number of halogens is 2. The maximum absolute atomic E-state index is 12.0. The second-order valence-electron chi connectivity index (χ2n) is 4.84. The monoisotopic (exact) mass is 410 g/mol. The van der Waals surface area contributed by atoms with Gasteiger partial charge in [0.2, 0.25) is 0 Å². The first-order chi connectivity index (χ1) is 11.5. The Morgan fingerprint density at radius 1 is 1.25 bits per heavy atom. The number of carbonyl (C=O) groups is 1. The minimum absolute atomic E-state index is 0.361. The molecule has 1 amide bonds. The molecule has 1 N–H and O–H groups in total. The molecule has 0 aromatic heterocycles. The summed E-state index contributed by atoms with van der Waals surface area (Å²) in [6, 6.07) is 12.2. The molecule has 126 valence electrons. The number of nitrogens with zero attached hydrogens (tertiary/aromatic N) is 1. The SMILES string of the molecule is COc1ccc(Br)c(C=NNC(=O)C(C)Oc2ccc(Cl)cc2)c1. The van der Waals surface area contributed by atoms with Crippen LogP contribution >= 0.6 is 27.5 Å². The van der Waals surface area contributed by atoms with Crippen molar-refractivity contribution >= 4 is 39.7 Å². The van der Waals surface area contributed by atoms with Crippen molar-refractivity contribution in [2.75, 3.05) is 7.11 Å². The van der Waals surface area contributed by atoms with Gasteiger partial charge < -0.3 is 9.47 Å². The normalized spacial score (nSPS) is 12.0. The van der Waals surface area contributed by atoms with Crippen LogP contribution in [0.3, 0.4) is 0 Å². The van der Waals surface area contributed by atoms with E-state index in [1.165, 1.54) is 6.21 Å². The summed E-state index contributed by atoms with van der Waals surface area (Å²) in [6.07, 6.45) is 0.830. The van der Waals surface area contributed by atoms with Gasteiger partial charge in [-0.3, -0.25) is 4.79 Å². The van der Waals surface area contributed by atoms with E-state index in [1.807, 2.05) is 12.1 Å². The van der Waals surface area contributed by atoms with Gasteiger partial charge in [0.15, 0.2) is 6.10 Å². The number of methoxy groups -OCH3 is 1. The van der Waals surface area contributed by atoms with Gasteiger partial charge in [0.25, 0.3) is 5.91 Å². The largest absolute Gasteiger partial charge is 0.497 e. The van der Waals surface area contributed by atoms with Crippen LogP contribution in [0.1, 0.15) is 12.5 Å². The van der Waals surface area contributed by atoms with Gasteiger partial charge in [-0.2, -0.15) is 5.10 Å². The standard InChI is InChI=1S/C17H16BrClN2O3/c1-11(24-14-5-3-13(19)4-6-14)17(22)21-20-10-12-9-15(23-2)7-8-16(12)18/h3-11H,1-2H3,(H,21,22). The molecule has 7 heteroatoms. The van der Waals surface area contributed by atoms with Gasteiger partial charge in [-0.1, -0.05) is 27.5 Å². The molecule has 0 spiro atoms. The van der Waals surface area contributed by atoms with Crippen LogP contribution in [0.15, 0.2) is 52.0 Å². The number of carbonyl (C=O) groups excluding carboxylic acids is 1. The van der Waals surface area contributed by atoms with Crippen molar-refractivity contribution < 1.29 is 14.3 Å². The number of hydrazone groups is 1. The average molecular weight is 412 g/mol. The highest BCUT2D eigenvalue weighted by molar-refractivity contribution is 9.10. The Morgan fingerprint density at radius 3 is 2.58 bits per heavy atom. The fraction of sp³-hybridized carbons (Fsp3) is 0.176. The van der Waals surface area contributed by atoms with E-state index >= 15 is 0 Å². The lowest BCUT2D eigenvalue weighted by molar-refractivity contribution is -0.127. The molecular weight excluding hydrogens is 396 g/mol. The zero-order valence-corrected chi connectivity index (χ0v) is 15.5. The first-order valence-electron chi connectivity index (χ1n) is 7.08. The molecule has 2 rings (SSSR count). The smallest absolute Gasteiger partial charge is 0.280 e. The van der Waals surface area contributed by atoms with Crippen molar-refractivity contribution in [3.63, 3.8) is 0 Å². The van der Waals surface area contributed by atoms with Gasteiger partial charge in [-0.25, -0.2) is 5.43 Å². The number of nitrogens with one attached hydrogen (secondary N) is 1. The van der Waals surface area contributed by atoms with E-state index in [-0.39, 0.29) is 5.91 Å². The summed E-state index contributed by atoms with van der Waals surface area (Å²) in [7, 11) is 1.59. The minimum Gasteiger partial charge on any atom is -0.497 e. The molecule has 0 saturated carbocycles. The molecule has 2 aromatic rings. The highest BCUT2D eigenvalue weighted by Gasteiger charge is 2.13. The van der Waals surface area contributed by atoms with Gasteiger partial charge in [-0.05, 0) is 49.4 Å². The van der Waals surface area contributed by atoms with Crippen LogP contribution in [0.4, 0.5) is 0 Å². The highest BCUT2D eigenvalue weighted by Crippen LogP contribution is 2.21. The lowest BCUT2D eigenvalue weighted by Crippen LogP contribution is -2.33. The zero-order valence-electron chi connectivity index (χ0n) is 13.1. The van der Waals surface area contributed by atoms with E-state index in [1.54, 1.807) is 44.4 Å². The van der Waals surface area contributed by atoms with Gasteiger partial charge in [0, 0.05) is 15.1 Å². The number of rotatable bonds is 6. The van der Waals surface area contributed by atoms with E-state index in [0.717, 1.165) is 10.0 Å². The fourth-order valence-corrected chi connectivity index (χ4v) is 2.25. The third-order valence-corrected chi connectivity index (χ3v) is 4.05. The summed E-state index contributed by atoms with van der Waals surface area (Å²) in [5, 5.41) is 4.55. The second-order valence-corrected chi connectivity index (χ2v) is 6.13. The number of hydrogen-bond acceptors (Lipinski definition) is 4. The molecule has 0 bridgehead atoms. The van der Waals surface area contributed by atoms with E-state index in [0.29, 0.717) is 16.5 Å². The molecule has 24 heavy (non-hydrogen) atoms. The maximum Gasteiger partial charge on any atom is 0.280 e. The number of ether oxygens (including phenoxy) is 2. The average Bonchev–Trinajstić information content (AvgIpc) is 2.58. The Labute approximate surface area is 153 Å². The Hall–Kier alpha value is -2.05. The Bertz CT molecular complexity index is 735. The molecule has 0 aliphatic carbocycles. The molecular formula is C17H16BrClN2O3. The van der Waals surface area contributed by atoms with Crippen molar-refractivity contribution in [1.82, 2.24) is 5.43 Å². The van der Waals surface area contributed by atoms with Crippen LogP contribution in [0, 0.1) is 0 Å². The fourth-order valence-electron chi connectivity index (χ4n) is 1.77. The third kappa shape index (κ3) is 5.25. The van der Waals surface area contributed by atoms with E-state index in [9.17, 15) is 4.79 Å². The second kappa shape index (κ2) is 8.70. The van der Waals surface area contributed by atoms with E-state index in [2.05, 4.69) is 26.5 Å². The highest BCUT2D eigenvalue weighted by atomic mass is 79.9. The van der Waals surface area contributed by atoms with Gasteiger partial charge in [-0.15, -0.1) is 0 Å². The first kappa shape index (κ1) is 18.3. The van der Waals surface area contributed by atoms with Crippen LogP contribution in [-0.4, -0.2) is 25.3 Å². The topological polar surface area (TPSA) is 59.9 Å². The number of hydrogen-bond donors (Lipinski definition) is 1. The Morgan fingerprint density at radius 2 is 1.92 bits per heavy atom.